The number of ether oxygens (including phenoxy) is 1. The van der Waals surface area contributed by atoms with E-state index in [1.54, 1.807) is 6.92 Å². The van der Waals surface area contributed by atoms with Crippen LogP contribution in [0, 0.1) is 0 Å². The molecule has 1 aliphatic heterocycles. The van der Waals surface area contributed by atoms with E-state index in [1.165, 1.54) is 0 Å². The maximum Gasteiger partial charge on any atom is 0.173 e. The van der Waals surface area contributed by atoms with Crippen molar-refractivity contribution in [1.82, 2.24) is 4.90 Å². The Morgan fingerprint density at radius 3 is 2.37 bits per heavy atom. The van der Waals surface area contributed by atoms with E-state index < -0.39 is 0 Å². The third-order valence-electron chi connectivity index (χ3n) is 4.62. The fraction of sp³-hybridized carbons (Fsp3) is 0.333. The molecule has 0 spiro atoms. The van der Waals surface area contributed by atoms with Crippen LogP contribution in [0.25, 0.3) is 0 Å². The molecule has 1 aliphatic rings. The summed E-state index contributed by atoms with van der Waals surface area (Å²) < 4.78 is 5.75. The Bertz CT molecular complexity index is 799. The van der Waals surface area contributed by atoms with Crippen LogP contribution in [-0.4, -0.2) is 48.6 Å². The van der Waals surface area contributed by atoms with E-state index >= 15 is 0 Å². The van der Waals surface area contributed by atoms with Gasteiger partial charge in [-0.1, -0.05) is 12.1 Å². The second-order valence-corrected chi connectivity index (χ2v) is 6.83. The molecule has 1 heterocycles. The van der Waals surface area contributed by atoms with Crippen LogP contribution in [0.1, 0.15) is 24.2 Å². The number of rotatable bonds is 5. The first-order valence-electron chi connectivity index (χ1n) is 9.22. The largest absolute Gasteiger partial charge is 0.492 e. The summed E-state index contributed by atoms with van der Waals surface area (Å²) in [6.07, 6.45) is 0. The molecule has 0 unspecified atom stereocenters. The first kappa shape index (κ1) is 19.2. The summed E-state index contributed by atoms with van der Waals surface area (Å²) in [5, 5.41) is 3.98. The van der Waals surface area contributed by atoms with E-state index in [2.05, 4.69) is 21.2 Å². The monoisotopic (exact) mass is 383 g/mol. The normalized spacial score (nSPS) is 14.0. The van der Waals surface area contributed by atoms with Gasteiger partial charge >= 0.3 is 0 Å². The van der Waals surface area contributed by atoms with Crippen molar-refractivity contribution in [2.75, 3.05) is 43.0 Å². The molecule has 0 aromatic heterocycles. The van der Waals surface area contributed by atoms with Gasteiger partial charge < -0.3 is 19.9 Å². The topological polar surface area (TPSA) is 44.8 Å². The van der Waals surface area contributed by atoms with E-state index in [9.17, 15) is 4.79 Å². The highest BCUT2D eigenvalue weighted by atomic mass is 32.1. The van der Waals surface area contributed by atoms with E-state index in [4.69, 9.17) is 17.0 Å². The first-order valence-corrected chi connectivity index (χ1v) is 9.63. The minimum absolute atomic E-state index is 0.0626. The highest BCUT2D eigenvalue weighted by Gasteiger charge is 2.21. The van der Waals surface area contributed by atoms with Gasteiger partial charge in [0, 0.05) is 37.4 Å². The van der Waals surface area contributed by atoms with Gasteiger partial charge in [0.25, 0.3) is 0 Å². The number of hydrogen-bond donors (Lipinski definition) is 1. The molecular weight excluding hydrogens is 358 g/mol. The number of anilines is 2. The molecule has 3 rings (SSSR count). The fourth-order valence-corrected chi connectivity index (χ4v) is 3.44. The molecule has 0 radical (unpaired) electrons. The standard InChI is InChI=1S/C21H25N3O2S/c1-3-26-20-7-5-4-6-19(20)23-12-14-24(15-13-23)21(27)22-18-10-8-17(9-11-18)16(2)25/h4-11H,3,12-15H2,1-2H3,(H,22,27). The summed E-state index contributed by atoms with van der Waals surface area (Å²) in [4.78, 5) is 15.9. The molecular formula is C21H25N3O2S. The zero-order valence-corrected chi connectivity index (χ0v) is 16.6. The fourth-order valence-electron chi connectivity index (χ4n) is 3.14. The molecule has 142 valence electrons. The van der Waals surface area contributed by atoms with Crippen LogP contribution in [0.15, 0.2) is 48.5 Å². The summed E-state index contributed by atoms with van der Waals surface area (Å²) in [5.74, 6) is 0.993. The number of benzene rings is 2. The third kappa shape index (κ3) is 4.77. The number of nitrogens with zero attached hydrogens (tertiary/aromatic N) is 2. The lowest BCUT2D eigenvalue weighted by molar-refractivity contribution is 0.101. The molecule has 1 N–H and O–H groups in total. The van der Waals surface area contributed by atoms with Crippen LogP contribution >= 0.6 is 12.2 Å². The Morgan fingerprint density at radius 2 is 1.74 bits per heavy atom. The lowest BCUT2D eigenvalue weighted by Gasteiger charge is -2.38. The number of hydrogen-bond acceptors (Lipinski definition) is 4. The number of nitrogens with one attached hydrogen (secondary N) is 1. The SMILES string of the molecule is CCOc1ccccc1N1CCN(C(=S)Nc2ccc(C(C)=O)cc2)CC1. The minimum Gasteiger partial charge on any atom is -0.492 e. The van der Waals surface area contributed by atoms with Gasteiger partial charge in [-0.2, -0.15) is 0 Å². The number of piperazine rings is 1. The summed E-state index contributed by atoms with van der Waals surface area (Å²) in [5.41, 5.74) is 2.74. The molecule has 0 amide bonds. The first-order chi connectivity index (χ1) is 13.1. The number of carbonyl (C=O) groups excluding carboxylic acids is 1. The Labute approximate surface area is 165 Å². The lowest BCUT2D eigenvalue weighted by atomic mass is 10.1. The molecule has 2 aromatic carbocycles. The number of ketones is 1. The number of Topliss-reactive ketones (excluding diaryl/α,β-unsaturated/α-hetero) is 1. The molecule has 27 heavy (non-hydrogen) atoms. The van der Waals surface area contributed by atoms with Crippen molar-refractivity contribution in [3.63, 3.8) is 0 Å². The van der Waals surface area contributed by atoms with Gasteiger partial charge in [0.05, 0.1) is 12.3 Å². The van der Waals surface area contributed by atoms with E-state index in [-0.39, 0.29) is 5.78 Å². The second-order valence-electron chi connectivity index (χ2n) is 6.44. The summed E-state index contributed by atoms with van der Waals surface area (Å²) >= 11 is 5.57. The molecule has 5 nitrogen and oxygen atoms in total. The quantitative estimate of drug-likeness (QED) is 0.626. The molecule has 0 atom stereocenters. The highest BCUT2D eigenvalue weighted by molar-refractivity contribution is 7.80. The number of thiocarbonyl (C=S) groups is 1. The summed E-state index contributed by atoms with van der Waals surface area (Å²) in [7, 11) is 0. The van der Waals surface area contributed by atoms with Gasteiger partial charge in [-0.25, -0.2) is 0 Å². The zero-order valence-electron chi connectivity index (χ0n) is 15.8. The van der Waals surface area contributed by atoms with Crippen LogP contribution in [0.4, 0.5) is 11.4 Å². The maximum atomic E-state index is 11.4. The van der Waals surface area contributed by atoms with Crippen molar-refractivity contribution in [2.24, 2.45) is 0 Å². The van der Waals surface area contributed by atoms with Crippen molar-refractivity contribution < 1.29 is 9.53 Å². The van der Waals surface area contributed by atoms with E-state index in [0.717, 1.165) is 43.3 Å². The van der Waals surface area contributed by atoms with Crippen LogP contribution in [0.2, 0.25) is 0 Å². The molecule has 0 aliphatic carbocycles. The predicted octanol–water partition coefficient (Wildman–Crippen LogP) is 3.81. The van der Waals surface area contributed by atoms with E-state index in [0.29, 0.717) is 17.3 Å². The Balaban J connectivity index is 1.57. The number of carbonyl (C=O) groups is 1. The van der Waals surface area contributed by atoms with E-state index in [1.807, 2.05) is 49.4 Å². The average Bonchev–Trinajstić information content (AvgIpc) is 2.69. The average molecular weight is 384 g/mol. The lowest BCUT2D eigenvalue weighted by Crippen LogP contribution is -2.50. The molecule has 2 aromatic rings. The van der Waals surface area contributed by atoms with Gasteiger partial charge in [-0.3, -0.25) is 4.79 Å². The predicted molar refractivity (Wildman–Crippen MR) is 114 cm³/mol. The molecule has 6 heteroatoms. The second kappa shape index (κ2) is 8.86. The van der Waals surface area contributed by atoms with Crippen LogP contribution in [0.3, 0.4) is 0 Å². The Hall–Kier alpha value is -2.60. The molecule has 0 saturated carbocycles. The summed E-state index contributed by atoms with van der Waals surface area (Å²) in [6, 6.07) is 15.6. The Kier molecular flexibility index (Phi) is 6.29. The van der Waals surface area contributed by atoms with Gasteiger partial charge in [0.15, 0.2) is 10.9 Å². The van der Waals surface area contributed by atoms with Crippen LogP contribution in [-0.2, 0) is 0 Å². The maximum absolute atomic E-state index is 11.4. The minimum atomic E-state index is 0.0626. The van der Waals surface area contributed by atoms with Crippen LogP contribution in [0.5, 0.6) is 5.75 Å². The van der Waals surface area contributed by atoms with Gasteiger partial charge in [0.1, 0.15) is 5.75 Å². The van der Waals surface area contributed by atoms with Gasteiger partial charge in [-0.05, 0) is 62.5 Å². The van der Waals surface area contributed by atoms with Gasteiger partial charge in [-0.15, -0.1) is 0 Å². The number of para-hydroxylation sites is 2. The van der Waals surface area contributed by atoms with Crippen molar-refractivity contribution in [3.8, 4) is 5.75 Å². The third-order valence-corrected chi connectivity index (χ3v) is 4.98. The highest BCUT2D eigenvalue weighted by Crippen LogP contribution is 2.28. The molecule has 0 bridgehead atoms. The van der Waals surface area contributed by atoms with Gasteiger partial charge in [0.2, 0.25) is 0 Å². The van der Waals surface area contributed by atoms with Crippen molar-refractivity contribution in [3.05, 3.63) is 54.1 Å². The summed E-state index contributed by atoms with van der Waals surface area (Å²) in [6.45, 7) is 7.69. The zero-order chi connectivity index (χ0) is 19.2. The smallest absolute Gasteiger partial charge is 0.173 e. The molecule has 1 fully saturated rings. The van der Waals surface area contributed by atoms with Crippen molar-refractivity contribution in [1.29, 1.82) is 0 Å². The van der Waals surface area contributed by atoms with Crippen molar-refractivity contribution in [2.45, 2.75) is 13.8 Å². The van der Waals surface area contributed by atoms with Crippen LogP contribution < -0.4 is 15.0 Å². The van der Waals surface area contributed by atoms with Crippen molar-refractivity contribution >= 4 is 34.5 Å². The molecule has 1 saturated heterocycles. The Morgan fingerprint density at radius 1 is 1.07 bits per heavy atom.